The van der Waals surface area contributed by atoms with Gasteiger partial charge in [0.1, 0.15) is 0 Å². The first-order chi connectivity index (χ1) is 7.58. The third kappa shape index (κ3) is 3.46. The number of hydrogen-bond acceptors (Lipinski definition) is 4. The molecule has 4 heteroatoms. The van der Waals surface area contributed by atoms with Gasteiger partial charge in [-0.1, -0.05) is 20.8 Å². The maximum absolute atomic E-state index is 4.70. The standard InChI is InChI=1S/C12H23N3S/c1-6-10-11(7-13-4)16-12(14-10)15(5)8-9(2)3/h9,13H,6-8H2,1-5H3. The first kappa shape index (κ1) is 13.5. The molecular weight excluding hydrogens is 218 g/mol. The van der Waals surface area contributed by atoms with Crippen molar-refractivity contribution in [2.75, 3.05) is 25.5 Å². The van der Waals surface area contributed by atoms with Crippen LogP contribution < -0.4 is 10.2 Å². The van der Waals surface area contributed by atoms with Gasteiger partial charge in [0.2, 0.25) is 0 Å². The van der Waals surface area contributed by atoms with Crippen LogP contribution in [0.15, 0.2) is 0 Å². The third-order valence-corrected chi connectivity index (χ3v) is 3.62. The zero-order valence-electron chi connectivity index (χ0n) is 11.0. The molecule has 1 aromatic rings. The van der Waals surface area contributed by atoms with Gasteiger partial charge in [-0.3, -0.25) is 0 Å². The van der Waals surface area contributed by atoms with Gasteiger partial charge in [0, 0.05) is 25.0 Å². The van der Waals surface area contributed by atoms with E-state index in [4.69, 9.17) is 4.98 Å². The van der Waals surface area contributed by atoms with Gasteiger partial charge < -0.3 is 10.2 Å². The van der Waals surface area contributed by atoms with E-state index < -0.39 is 0 Å². The fourth-order valence-corrected chi connectivity index (χ4v) is 2.86. The smallest absolute Gasteiger partial charge is 0.185 e. The first-order valence-corrected chi connectivity index (χ1v) is 6.74. The topological polar surface area (TPSA) is 28.2 Å². The van der Waals surface area contributed by atoms with Crippen LogP contribution in [0.5, 0.6) is 0 Å². The van der Waals surface area contributed by atoms with Crippen LogP contribution in [0.2, 0.25) is 0 Å². The monoisotopic (exact) mass is 241 g/mol. The molecule has 1 aromatic heterocycles. The van der Waals surface area contributed by atoms with Crippen LogP contribution in [0.3, 0.4) is 0 Å². The van der Waals surface area contributed by atoms with Crippen LogP contribution in [0, 0.1) is 5.92 Å². The molecule has 3 nitrogen and oxygen atoms in total. The summed E-state index contributed by atoms with van der Waals surface area (Å²) < 4.78 is 0. The maximum atomic E-state index is 4.70. The van der Waals surface area contributed by atoms with Crippen molar-refractivity contribution in [2.45, 2.75) is 33.7 Å². The number of aromatic nitrogens is 1. The lowest BCUT2D eigenvalue weighted by atomic mass is 10.2. The molecule has 0 atom stereocenters. The molecule has 92 valence electrons. The predicted octanol–water partition coefficient (Wildman–Crippen LogP) is 2.52. The van der Waals surface area contributed by atoms with Gasteiger partial charge in [-0.25, -0.2) is 4.98 Å². The summed E-state index contributed by atoms with van der Waals surface area (Å²) in [5, 5.41) is 4.35. The van der Waals surface area contributed by atoms with Crippen molar-refractivity contribution in [1.29, 1.82) is 0 Å². The van der Waals surface area contributed by atoms with E-state index in [2.05, 4.69) is 38.0 Å². The van der Waals surface area contributed by atoms with E-state index in [1.165, 1.54) is 10.6 Å². The summed E-state index contributed by atoms with van der Waals surface area (Å²) in [4.78, 5) is 8.33. The summed E-state index contributed by atoms with van der Waals surface area (Å²) in [5.74, 6) is 0.673. The number of nitrogens with zero attached hydrogens (tertiary/aromatic N) is 2. The molecule has 0 fully saturated rings. The highest BCUT2D eigenvalue weighted by Gasteiger charge is 2.12. The second kappa shape index (κ2) is 6.21. The van der Waals surface area contributed by atoms with Crippen LogP contribution in [0.1, 0.15) is 31.3 Å². The number of nitrogens with one attached hydrogen (secondary N) is 1. The molecule has 0 aliphatic heterocycles. The molecule has 0 bridgehead atoms. The second-order valence-corrected chi connectivity index (χ2v) is 5.59. The Morgan fingerprint density at radius 1 is 1.44 bits per heavy atom. The summed E-state index contributed by atoms with van der Waals surface area (Å²) in [6.07, 6.45) is 1.02. The number of hydrogen-bond donors (Lipinski definition) is 1. The Balaban J connectivity index is 2.80. The minimum absolute atomic E-state index is 0.673. The van der Waals surface area contributed by atoms with Gasteiger partial charge in [0.25, 0.3) is 0 Å². The Kier molecular flexibility index (Phi) is 5.22. The number of thiazole rings is 1. The molecule has 1 rings (SSSR count). The lowest BCUT2D eigenvalue weighted by molar-refractivity contribution is 0.637. The van der Waals surface area contributed by atoms with Gasteiger partial charge in [0.15, 0.2) is 5.13 Å². The second-order valence-electron chi connectivity index (χ2n) is 4.52. The quantitative estimate of drug-likeness (QED) is 0.829. The zero-order chi connectivity index (χ0) is 12.1. The van der Waals surface area contributed by atoms with Gasteiger partial charge in [-0.2, -0.15) is 0 Å². The van der Waals surface area contributed by atoms with Crippen LogP contribution in [-0.4, -0.2) is 25.6 Å². The van der Waals surface area contributed by atoms with E-state index >= 15 is 0 Å². The molecule has 0 saturated heterocycles. The summed E-state index contributed by atoms with van der Waals surface area (Å²) >= 11 is 1.81. The average molecular weight is 241 g/mol. The Hall–Kier alpha value is -0.610. The minimum Gasteiger partial charge on any atom is -0.351 e. The summed E-state index contributed by atoms with van der Waals surface area (Å²) in [6.45, 7) is 8.63. The van der Waals surface area contributed by atoms with Crippen molar-refractivity contribution >= 4 is 16.5 Å². The Morgan fingerprint density at radius 2 is 2.12 bits per heavy atom. The highest BCUT2D eigenvalue weighted by Crippen LogP contribution is 2.26. The molecule has 0 amide bonds. The fourth-order valence-electron chi connectivity index (χ4n) is 1.73. The molecule has 1 N–H and O–H groups in total. The van der Waals surface area contributed by atoms with Crippen molar-refractivity contribution in [3.8, 4) is 0 Å². The molecule has 16 heavy (non-hydrogen) atoms. The first-order valence-electron chi connectivity index (χ1n) is 5.92. The molecule has 0 aliphatic carbocycles. The van der Waals surface area contributed by atoms with Crippen molar-refractivity contribution in [2.24, 2.45) is 5.92 Å². The normalized spacial score (nSPS) is 11.1. The molecule has 0 aromatic carbocycles. The number of rotatable bonds is 6. The third-order valence-electron chi connectivity index (χ3n) is 2.40. The van der Waals surface area contributed by atoms with Gasteiger partial charge >= 0.3 is 0 Å². The fraction of sp³-hybridized carbons (Fsp3) is 0.750. The van der Waals surface area contributed by atoms with E-state index in [0.717, 1.165) is 24.6 Å². The largest absolute Gasteiger partial charge is 0.351 e. The SMILES string of the molecule is CCc1nc(N(C)CC(C)C)sc1CNC. The molecule has 0 unspecified atom stereocenters. The van der Waals surface area contributed by atoms with E-state index in [1.54, 1.807) is 0 Å². The van der Waals surface area contributed by atoms with Crippen LogP contribution >= 0.6 is 11.3 Å². The average Bonchev–Trinajstić information content (AvgIpc) is 2.61. The molecule has 0 saturated carbocycles. The lowest BCUT2D eigenvalue weighted by Crippen LogP contribution is -2.22. The predicted molar refractivity (Wildman–Crippen MR) is 72.4 cm³/mol. The highest BCUT2D eigenvalue weighted by atomic mass is 32.1. The van der Waals surface area contributed by atoms with Gasteiger partial charge in [0.05, 0.1) is 5.69 Å². The maximum Gasteiger partial charge on any atom is 0.185 e. The highest BCUT2D eigenvalue weighted by molar-refractivity contribution is 7.15. The van der Waals surface area contributed by atoms with Crippen molar-refractivity contribution in [3.05, 3.63) is 10.6 Å². The van der Waals surface area contributed by atoms with Crippen LogP contribution in [0.25, 0.3) is 0 Å². The lowest BCUT2D eigenvalue weighted by Gasteiger charge is -2.17. The number of anilines is 1. The van der Waals surface area contributed by atoms with Crippen molar-refractivity contribution in [1.82, 2.24) is 10.3 Å². The zero-order valence-corrected chi connectivity index (χ0v) is 11.8. The number of aryl methyl sites for hydroxylation is 1. The van der Waals surface area contributed by atoms with Crippen molar-refractivity contribution < 1.29 is 0 Å². The van der Waals surface area contributed by atoms with E-state index in [0.29, 0.717) is 5.92 Å². The molecule has 0 radical (unpaired) electrons. The van der Waals surface area contributed by atoms with Crippen molar-refractivity contribution in [3.63, 3.8) is 0 Å². The molecule has 0 aliphatic rings. The van der Waals surface area contributed by atoms with Gasteiger partial charge in [-0.15, -0.1) is 11.3 Å². The minimum atomic E-state index is 0.673. The van der Waals surface area contributed by atoms with Gasteiger partial charge in [-0.05, 0) is 19.4 Å². The van der Waals surface area contributed by atoms with Crippen LogP contribution in [-0.2, 0) is 13.0 Å². The van der Waals surface area contributed by atoms with E-state index in [1.807, 2.05) is 18.4 Å². The molecule has 1 heterocycles. The summed E-state index contributed by atoms with van der Waals surface area (Å²) in [5.41, 5.74) is 1.24. The molecule has 0 spiro atoms. The van der Waals surface area contributed by atoms with E-state index in [9.17, 15) is 0 Å². The Morgan fingerprint density at radius 3 is 2.62 bits per heavy atom. The summed E-state index contributed by atoms with van der Waals surface area (Å²) in [6, 6.07) is 0. The Bertz CT molecular complexity index is 320. The summed E-state index contributed by atoms with van der Waals surface area (Å²) in [7, 11) is 4.11. The van der Waals surface area contributed by atoms with Crippen LogP contribution in [0.4, 0.5) is 5.13 Å². The molecular formula is C12H23N3S. The Labute approximate surface area is 103 Å². The van der Waals surface area contributed by atoms with E-state index in [-0.39, 0.29) is 0 Å².